The van der Waals surface area contributed by atoms with Gasteiger partial charge in [-0.2, -0.15) is 0 Å². The molecular weight excluding hydrogens is 400 g/mol. The molecule has 1 N–H and O–H groups in total. The van der Waals surface area contributed by atoms with E-state index < -0.39 is 0 Å². The normalized spacial score (nSPS) is 15.4. The van der Waals surface area contributed by atoms with Crippen LogP contribution in [-0.2, 0) is 11.2 Å². The number of carbonyl (C=O) groups is 3. The van der Waals surface area contributed by atoms with E-state index in [2.05, 4.69) is 31.3 Å². The SMILES string of the molecule is CC(C)Cc1ccc(C(=O)C2CCN(C(=O)CC(C)NC(=O)c3ccccc3)CC2)cc1. The Bertz CT molecular complexity index is 914. The van der Waals surface area contributed by atoms with E-state index in [1.165, 1.54) is 5.56 Å². The topological polar surface area (TPSA) is 66.5 Å². The highest BCUT2D eigenvalue weighted by Crippen LogP contribution is 2.23. The number of hydrogen-bond donors (Lipinski definition) is 1. The smallest absolute Gasteiger partial charge is 0.251 e. The van der Waals surface area contributed by atoms with E-state index in [4.69, 9.17) is 0 Å². The Morgan fingerprint density at radius 3 is 2.12 bits per heavy atom. The van der Waals surface area contributed by atoms with Crippen molar-refractivity contribution >= 4 is 17.6 Å². The molecule has 2 aromatic rings. The van der Waals surface area contributed by atoms with Gasteiger partial charge in [0.05, 0.1) is 0 Å². The van der Waals surface area contributed by atoms with Crippen molar-refractivity contribution in [3.8, 4) is 0 Å². The highest BCUT2D eigenvalue weighted by molar-refractivity contribution is 5.98. The summed E-state index contributed by atoms with van der Waals surface area (Å²) in [6.45, 7) is 7.39. The Hall–Kier alpha value is -2.95. The molecule has 0 saturated carbocycles. The first-order valence-corrected chi connectivity index (χ1v) is 11.6. The average molecular weight is 435 g/mol. The number of piperidine rings is 1. The number of carbonyl (C=O) groups excluding carboxylic acids is 3. The van der Waals surface area contributed by atoms with Crippen LogP contribution in [0.2, 0.25) is 0 Å². The van der Waals surface area contributed by atoms with Crippen LogP contribution in [-0.4, -0.2) is 41.6 Å². The van der Waals surface area contributed by atoms with E-state index in [1.54, 1.807) is 12.1 Å². The number of benzene rings is 2. The molecule has 1 aliphatic rings. The molecule has 32 heavy (non-hydrogen) atoms. The van der Waals surface area contributed by atoms with E-state index >= 15 is 0 Å². The molecule has 2 amide bonds. The van der Waals surface area contributed by atoms with Crippen LogP contribution in [0, 0.1) is 11.8 Å². The van der Waals surface area contributed by atoms with Crippen molar-refractivity contribution in [3.63, 3.8) is 0 Å². The Balaban J connectivity index is 1.45. The van der Waals surface area contributed by atoms with Gasteiger partial charge < -0.3 is 10.2 Å². The summed E-state index contributed by atoms with van der Waals surface area (Å²) in [5, 5.41) is 2.89. The lowest BCUT2D eigenvalue weighted by Crippen LogP contribution is -2.43. The molecule has 3 rings (SSSR count). The molecule has 1 fully saturated rings. The molecule has 0 radical (unpaired) electrons. The third kappa shape index (κ3) is 6.52. The minimum atomic E-state index is -0.251. The van der Waals surface area contributed by atoms with Gasteiger partial charge in [0.15, 0.2) is 5.78 Å². The van der Waals surface area contributed by atoms with Crippen molar-refractivity contribution in [2.75, 3.05) is 13.1 Å². The fourth-order valence-electron chi connectivity index (χ4n) is 4.24. The van der Waals surface area contributed by atoms with Gasteiger partial charge in [0.1, 0.15) is 0 Å². The largest absolute Gasteiger partial charge is 0.349 e. The summed E-state index contributed by atoms with van der Waals surface area (Å²) in [7, 11) is 0. The standard InChI is InChI=1S/C27H34N2O3/c1-19(2)17-21-9-11-22(12-10-21)26(31)23-13-15-29(16-14-23)25(30)18-20(3)28-27(32)24-7-5-4-6-8-24/h4-12,19-20,23H,13-18H2,1-3H3,(H,28,32). The van der Waals surface area contributed by atoms with Crippen molar-refractivity contribution in [1.29, 1.82) is 0 Å². The number of rotatable bonds is 8. The van der Waals surface area contributed by atoms with Crippen LogP contribution in [0.5, 0.6) is 0 Å². The molecular formula is C27H34N2O3. The lowest BCUT2D eigenvalue weighted by atomic mass is 9.88. The molecule has 2 aromatic carbocycles. The van der Waals surface area contributed by atoms with Crippen LogP contribution in [0.25, 0.3) is 0 Å². The quantitative estimate of drug-likeness (QED) is 0.622. The fraction of sp³-hybridized carbons (Fsp3) is 0.444. The van der Waals surface area contributed by atoms with Gasteiger partial charge in [-0.25, -0.2) is 0 Å². The first-order chi connectivity index (χ1) is 15.3. The maximum absolute atomic E-state index is 12.9. The van der Waals surface area contributed by atoms with Gasteiger partial charge in [0.2, 0.25) is 5.91 Å². The van der Waals surface area contributed by atoms with Gasteiger partial charge >= 0.3 is 0 Å². The van der Waals surface area contributed by atoms with Gasteiger partial charge in [-0.3, -0.25) is 14.4 Å². The predicted molar refractivity (Wildman–Crippen MR) is 127 cm³/mol. The third-order valence-corrected chi connectivity index (χ3v) is 6.00. The number of Topliss-reactive ketones (excluding diaryl/α,β-unsaturated/α-hetero) is 1. The summed E-state index contributed by atoms with van der Waals surface area (Å²) < 4.78 is 0. The van der Waals surface area contributed by atoms with Crippen LogP contribution in [0.4, 0.5) is 0 Å². The monoisotopic (exact) mass is 434 g/mol. The van der Waals surface area contributed by atoms with Crippen molar-refractivity contribution in [2.45, 2.75) is 52.5 Å². The molecule has 5 nitrogen and oxygen atoms in total. The molecule has 0 aliphatic carbocycles. The Labute approximate surface area is 191 Å². The van der Waals surface area contributed by atoms with Crippen molar-refractivity contribution in [1.82, 2.24) is 10.2 Å². The van der Waals surface area contributed by atoms with Gasteiger partial charge in [-0.1, -0.05) is 56.3 Å². The zero-order valence-electron chi connectivity index (χ0n) is 19.3. The Morgan fingerprint density at radius 1 is 0.906 bits per heavy atom. The molecule has 170 valence electrons. The zero-order chi connectivity index (χ0) is 23.1. The number of nitrogens with zero attached hydrogens (tertiary/aromatic N) is 1. The number of likely N-dealkylation sites (tertiary alicyclic amines) is 1. The maximum Gasteiger partial charge on any atom is 0.251 e. The second-order valence-corrected chi connectivity index (χ2v) is 9.26. The first-order valence-electron chi connectivity index (χ1n) is 11.6. The third-order valence-electron chi connectivity index (χ3n) is 6.00. The Kier molecular flexibility index (Phi) is 8.20. The summed E-state index contributed by atoms with van der Waals surface area (Å²) in [4.78, 5) is 39.7. The maximum atomic E-state index is 12.9. The molecule has 0 spiro atoms. The van der Waals surface area contributed by atoms with Crippen molar-refractivity contribution < 1.29 is 14.4 Å². The second-order valence-electron chi connectivity index (χ2n) is 9.26. The van der Waals surface area contributed by atoms with E-state index in [0.717, 1.165) is 12.0 Å². The van der Waals surface area contributed by atoms with E-state index in [0.29, 0.717) is 37.4 Å². The molecule has 0 bridgehead atoms. The van der Waals surface area contributed by atoms with E-state index in [1.807, 2.05) is 42.2 Å². The van der Waals surface area contributed by atoms with Gasteiger partial charge in [-0.15, -0.1) is 0 Å². The molecule has 1 atom stereocenters. The second kappa shape index (κ2) is 11.1. The first kappa shape index (κ1) is 23.7. The average Bonchev–Trinajstić information content (AvgIpc) is 2.79. The highest BCUT2D eigenvalue weighted by atomic mass is 16.2. The van der Waals surface area contributed by atoms with Crippen LogP contribution >= 0.6 is 0 Å². The van der Waals surface area contributed by atoms with E-state index in [-0.39, 0.29) is 36.0 Å². The summed E-state index contributed by atoms with van der Waals surface area (Å²) in [5.74, 6) is 0.583. The Morgan fingerprint density at radius 2 is 1.53 bits per heavy atom. The summed E-state index contributed by atoms with van der Waals surface area (Å²) >= 11 is 0. The zero-order valence-corrected chi connectivity index (χ0v) is 19.3. The van der Waals surface area contributed by atoms with Crippen LogP contribution in [0.3, 0.4) is 0 Å². The number of hydrogen-bond acceptors (Lipinski definition) is 3. The molecule has 1 heterocycles. The number of nitrogens with one attached hydrogen (secondary N) is 1. The van der Waals surface area contributed by atoms with Gasteiger partial charge in [0.25, 0.3) is 5.91 Å². The lowest BCUT2D eigenvalue weighted by molar-refractivity contribution is -0.132. The number of amides is 2. The van der Waals surface area contributed by atoms with Gasteiger partial charge in [0, 0.05) is 42.6 Å². The van der Waals surface area contributed by atoms with Crippen LogP contribution in [0.1, 0.15) is 66.3 Å². The van der Waals surface area contributed by atoms with Gasteiger partial charge in [-0.05, 0) is 49.8 Å². The minimum absolute atomic E-state index is 0.0230. The fourth-order valence-corrected chi connectivity index (χ4v) is 4.24. The molecule has 5 heteroatoms. The molecule has 1 unspecified atom stereocenters. The summed E-state index contributed by atoms with van der Waals surface area (Å²) in [6, 6.07) is 16.7. The van der Waals surface area contributed by atoms with Crippen molar-refractivity contribution in [2.24, 2.45) is 11.8 Å². The highest BCUT2D eigenvalue weighted by Gasteiger charge is 2.28. The molecule has 1 saturated heterocycles. The van der Waals surface area contributed by atoms with Crippen molar-refractivity contribution in [3.05, 3.63) is 71.3 Å². The van der Waals surface area contributed by atoms with Crippen LogP contribution in [0.15, 0.2) is 54.6 Å². The molecule has 1 aliphatic heterocycles. The predicted octanol–water partition coefficient (Wildman–Crippen LogP) is 4.52. The lowest BCUT2D eigenvalue weighted by Gasteiger charge is -2.32. The summed E-state index contributed by atoms with van der Waals surface area (Å²) in [5.41, 5.74) is 2.60. The summed E-state index contributed by atoms with van der Waals surface area (Å²) in [6.07, 6.45) is 2.64. The molecule has 0 aromatic heterocycles. The van der Waals surface area contributed by atoms with Crippen LogP contribution < -0.4 is 5.32 Å². The van der Waals surface area contributed by atoms with E-state index in [9.17, 15) is 14.4 Å². The minimum Gasteiger partial charge on any atom is -0.349 e. The number of ketones is 1.